The van der Waals surface area contributed by atoms with E-state index in [2.05, 4.69) is 37.9 Å². The zero-order chi connectivity index (χ0) is 11.4. The summed E-state index contributed by atoms with van der Waals surface area (Å²) in [6.45, 7) is 0. The summed E-state index contributed by atoms with van der Waals surface area (Å²) in [6.07, 6.45) is 0. The Labute approximate surface area is 133 Å². The van der Waals surface area contributed by atoms with Gasteiger partial charge in [0.2, 0.25) is 0 Å². The van der Waals surface area contributed by atoms with Crippen LogP contribution in [0.4, 0.5) is 0 Å². The van der Waals surface area contributed by atoms with Gasteiger partial charge in [-0.15, -0.1) is 0 Å². The zero-order valence-corrected chi connectivity index (χ0v) is 15.5. The molecular weight excluding hydrogens is 361 g/mol. The van der Waals surface area contributed by atoms with Gasteiger partial charge in [-0.25, -0.2) is 0 Å². The van der Waals surface area contributed by atoms with E-state index < -0.39 is 0 Å². The van der Waals surface area contributed by atoms with E-state index >= 15 is 0 Å². The van der Waals surface area contributed by atoms with Gasteiger partial charge in [-0.3, -0.25) is 0 Å². The SMILES string of the molecule is SCSSCC(CSSCS)SSCS. The van der Waals surface area contributed by atoms with Crippen LogP contribution in [0.15, 0.2) is 0 Å². The Kier molecular flexibility index (Phi) is 18.4. The fraction of sp³-hybridized carbons (Fsp3) is 1.00. The van der Waals surface area contributed by atoms with Crippen molar-refractivity contribution in [3.05, 3.63) is 0 Å². The van der Waals surface area contributed by atoms with Gasteiger partial charge in [-0.1, -0.05) is 64.8 Å². The smallest absolute Gasteiger partial charge is 0.0466 e. The lowest BCUT2D eigenvalue weighted by Crippen LogP contribution is -2.07. The first-order valence-corrected chi connectivity index (χ1v) is 13.2. The highest BCUT2D eigenvalue weighted by atomic mass is 33.1. The summed E-state index contributed by atoms with van der Waals surface area (Å²) < 4.78 is 0. The summed E-state index contributed by atoms with van der Waals surface area (Å²) in [5.41, 5.74) is 0. The lowest BCUT2D eigenvalue weighted by Gasteiger charge is -2.13. The van der Waals surface area contributed by atoms with E-state index in [0.29, 0.717) is 5.25 Å². The van der Waals surface area contributed by atoms with Crippen LogP contribution in [0.5, 0.6) is 0 Å². The summed E-state index contributed by atoms with van der Waals surface area (Å²) in [5.74, 6) is 2.35. The van der Waals surface area contributed by atoms with Crippen molar-refractivity contribution in [1.82, 2.24) is 0 Å². The quantitative estimate of drug-likeness (QED) is 0.196. The maximum absolute atomic E-state index is 4.21. The Balaban J connectivity index is 3.53. The van der Waals surface area contributed by atoms with E-state index in [1.165, 1.54) is 11.5 Å². The highest BCUT2D eigenvalue weighted by Gasteiger charge is 2.10. The van der Waals surface area contributed by atoms with E-state index in [4.69, 9.17) is 0 Å². The van der Waals surface area contributed by atoms with Gasteiger partial charge in [0.25, 0.3) is 0 Å². The van der Waals surface area contributed by atoms with Crippen molar-refractivity contribution in [1.29, 1.82) is 0 Å². The summed E-state index contributed by atoms with van der Waals surface area (Å²) >= 11 is 12.6. The number of hydrogen-bond acceptors (Lipinski definition) is 9. The molecule has 0 aliphatic carbocycles. The Hall–Kier alpha value is 3.15. The standard InChI is InChI=1S/C6H14S9/c7-3-12-10-1-6(15-14-5-9)2-11-13-4-8/h6-9H,1-5H2. The second-order valence-electron chi connectivity index (χ2n) is 2.03. The minimum atomic E-state index is 0.692. The average Bonchev–Trinajstić information content (AvgIpc) is 2.25. The van der Waals surface area contributed by atoms with E-state index in [1.54, 1.807) is 0 Å². The van der Waals surface area contributed by atoms with Gasteiger partial charge in [0, 0.05) is 32.0 Å². The van der Waals surface area contributed by atoms with Crippen LogP contribution in [0.1, 0.15) is 0 Å². The monoisotopic (exact) mass is 374 g/mol. The fourth-order valence-corrected chi connectivity index (χ4v) is 8.87. The van der Waals surface area contributed by atoms with Gasteiger partial charge in [0.05, 0.1) is 0 Å². The summed E-state index contributed by atoms with van der Waals surface area (Å²) in [6, 6.07) is 0. The Morgan fingerprint density at radius 2 is 1.13 bits per heavy atom. The van der Waals surface area contributed by atoms with Gasteiger partial charge < -0.3 is 0 Å². The van der Waals surface area contributed by atoms with Crippen LogP contribution in [0, 0.1) is 0 Å². The van der Waals surface area contributed by atoms with E-state index in [-0.39, 0.29) is 0 Å². The summed E-state index contributed by atoms with van der Waals surface area (Å²) in [7, 11) is 11.2. The fourth-order valence-electron chi connectivity index (χ4n) is 0.553. The largest absolute Gasteiger partial charge is 0.167 e. The molecule has 0 aromatic heterocycles. The predicted molar refractivity (Wildman–Crippen MR) is 101 cm³/mol. The van der Waals surface area contributed by atoms with Crippen LogP contribution in [0.25, 0.3) is 0 Å². The van der Waals surface area contributed by atoms with Gasteiger partial charge in [0.1, 0.15) is 0 Å². The molecule has 0 aromatic carbocycles. The maximum Gasteiger partial charge on any atom is 0.0466 e. The first-order valence-electron chi connectivity index (χ1n) is 3.94. The van der Waals surface area contributed by atoms with Crippen molar-refractivity contribution in [3.63, 3.8) is 0 Å². The van der Waals surface area contributed by atoms with Crippen molar-refractivity contribution in [3.8, 4) is 0 Å². The second kappa shape index (κ2) is 15.2. The average molecular weight is 375 g/mol. The first-order chi connectivity index (χ1) is 7.35. The molecule has 0 heterocycles. The third kappa shape index (κ3) is 13.4. The van der Waals surface area contributed by atoms with Gasteiger partial charge in [0.15, 0.2) is 0 Å². The van der Waals surface area contributed by atoms with Crippen LogP contribution < -0.4 is 0 Å². The highest BCUT2D eigenvalue weighted by Crippen LogP contribution is 2.36. The normalized spacial score (nSPS) is 11.2. The summed E-state index contributed by atoms with van der Waals surface area (Å²) in [5, 5.41) is 3.35. The molecule has 0 aliphatic rings. The van der Waals surface area contributed by atoms with Gasteiger partial charge in [-0.2, -0.15) is 37.9 Å². The molecule has 92 valence electrons. The number of rotatable bonds is 11. The molecule has 0 amide bonds. The molecule has 0 saturated carbocycles. The molecule has 9 heteroatoms. The molecule has 0 N–H and O–H groups in total. The van der Waals surface area contributed by atoms with E-state index in [0.717, 1.165) is 15.3 Å². The zero-order valence-electron chi connectivity index (χ0n) is 7.90. The number of hydrogen-bond donors (Lipinski definition) is 3. The Morgan fingerprint density at radius 1 is 0.667 bits per heavy atom. The molecule has 0 aliphatic heterocycles. The third-order valence-electron chi connectivity index (χ3n) is 1.04. The Morgan fingerprint density at radius 3 is 1.53 bits per heavy atom. The van der Waals surface area contributed by atoms with Crippen LogP contribution >= 0.6 is 103 Å². The van der Waals surface area contributed by atoms with Crippen molar-refractivity contribution in [2.24, 2.45) is 0 Å². The molecular formula is C6H14S9. The van der Waals surface area contributed by atoms with Crippen molar-refractivity contribution in [2.75, 3.05) is 26.8 Å². The predicted octanol–water partition coefficient (Wildman–Crippen LogP) is 5.16. The third-order valence-corrected chi connectivity index (χ3v) is 10.8. The molecule has 0 atom stereocenters. The van der Waals surface area contributed by atoms with Crippen LogP contribution in [0.3, 0.4) is 0 Å². The molecule has 0 nitrogen and oxygen atoms in total. The molecule has 0 aromatic rings. The number of thiol groups is 3. The summed E-state index contributed by atoms with van der Waals surface area (Å²) in [4.78, 5) is 0. The lowest BCUT2D eigenvalue weighted by atomic mass is 10.6. The Bertz CT molecular complexity index is 111. The molecule has 0 bridgehead atoms. The van der Waals surface area contributed by atoms with E-state index in [9.17, 15) is 0 Å². The van der Waals surface area contributed by atoms with Crippen LogP contribution in [-0.2, 0) is 0 Å². The van der Waals surface area contributed by atoms with Crippen molar-refractivity contribution in [2.45, 2.75) is 5.25 Å². The molecule has 0 saturated heterocycles. The molecule has 0 spiro atoms. The second-order valence-corrected chi connectivity index (χ2v) is 11.9. The van der Waals surface area contributed by atoms with Crippen LogP contribution in [-0.4, -0.2) is 32.0 Å². The lowest BCUT2D eigenvalue weighted by molar-refractivity contribution is 1.17. The van der Waals surface area contributed by atoms with Gasteiger partial charge in [-0.05, 0) is 0 Å². The maximum atomic E-state index is 4.21. The van der Waals surface area contributed by atoms with Crippen LogP contribution in [0.2, 0.25) is 0 Å². The minimum Gasteiger partial charge on any atom is -0.167 e. The minimum absolute atomic E-state index is 0.692. The molecule has 0 rings (SSSR count). The molecule has 15 heavy (non-hydrogen) atoms. The first kappa shape index (κ1) is 18.1. The topological polar surface area (TPSA) is 0 Å². The van der Waals surface area contributed by atoms with Gasteiger partial charge >= 0.3 is 0 Å². The van der Waals surface area contributed by atoms with Crippen molar-refractivity contribution >= 4 is 103 Å². The van der Waals surface area contributed by atoms with E-state index in [1.807, 2.05) is 64.8 Å². The molecule has 0 fully saturated rings. The molecule has 0 unspecified atom stereocenters. The highest BCUT2D eigenvalue weighted by molar-refractivity contribution is 8.80. The molecule has 0 radical (unpaired) electrons. The van der Waals surface area contributed by atoms with Crippen molar-refractivity contribution < 1.29 is 0 Å².